The molecule has 1 aromatic heterocycles. The summed E-state index contributed by atoms with van der Waals surface area (Å²) in [4.78, 5) is 24.0. The molecule has 30 heavy (non-hydrogen) atoms. The standard InChI is InChI=1S/C24H32N4OS/c1-18-17-30-23(25-18)27-12-7-20(8-13-27)26-14-9-24(10-15-26)11-16-28(19(2)29)22-6-4-3-5-21(22)24/h3-6,17,20H,7-16H2,1-2H3. The van der Waals surface area contributed by atoms with E-state index in [4.69, 9.17) is 0 Å². The number of hydrogen-bond acceptors (Lipinski definition) is 5. The molecule has 0 atom stereocenters. The number of carbonyl (C=O) groups is 1. The maximum atomic E-state index is 12.1. The van der Waals surface area contributed by atoms with Crippen molar-refractivity contribution in [2.45, 2.75) is 57.4 Å². The molecular weight excluding hydrogens is 392 g/mol. The zero-order valence-corrected chi connectivity index (χ0v) is 19.0. The fourth-order valence-electron chi connectivity index (χ4n) is 5.81. The van der Waals surface area contributed by atoms with Gasteiger partial charge in [-0.15, -0.1) is 11.3 Å². The monoisotopic (exact) mass is 424 g/mol. The van der Waals surface area contributed by atoms with Crippen LogP contribution < -0.4 is 9.80 Å². The van der Waals surface area contributed by atoms with Crippen LogP contribution in [0.1, 0.15) is 50.3 Å². The van der Waals surface area contributed by atoms with Gasteiger partial charge in [0.05, 0.1) is 5.69 Å². The minimum Gasteiger partial charge on any atom is -0.348 e. The van der Waals surface area contributed by atoms with Crippen molar-refractivity contribution < 1.29 is 4.79 Å². The SMILES string of the molecule is CC(=O)N1CCC2(CCN(C3CCN(c4nc(C)cs4)CC3)CC2)c2ccccc21. The molecule has 1 spiro atoms. The second kappa shape index (κ2) is 7.97. The van der Waals surface area contributed by atoms with Crippen molar-refractivity contribution in [2.24, 2.45) is 0 Å². The van der Waals surface area contributed by atoms with Crippen LogP contribution in [0.15, 0.2) is 29.6 Å². The Morgan fingerprint density at radius 3 is 2.43 bits per heavy atom. The predicted octanol–water partition coefficient (Wildman–Crippen LogP) is 4.21. The van der Waals surface area contributed by atoms with Crippen LogP contribution >= 0.6 is 11.3 Å². The van der Waals surface area contributed by atoms with E-state index in [1.54, 1.807) is 18.3 Å². The van der Waals surface area contributed by atoms with Crippen LogP contribution in [0.25, 0.3) is 0 Å². The van der Waals surface area contributed by atoms with E-state index in [0.29, 0.717) is 6.04 Å². The largest absolute Gasteiger partial charge is 0.348 e. The van der Waals surface area contributed by atoms with E-state index >= 15 is 0 Å². The summed E-state index contributed by atoms with van der Waals surface area (Å²) in [6.07, 6.45) is 5.99. The first-order valence-corrected chi connectivity index (χ1v) is 12.2. The maximum absolute atomic E-state index is 12.1. The number of aryl methyl sites for hydroxylation is 1. The highest BCUT2D eigenvalue weighted by Gasteiger charge is 2.43. The quantitative estimate of drug-likeness (QED) is 0.724. The van der Waals surface area contributed by atoms with Gasteiger partial charge in [-0.1, -0.05) is 18.2 Å². The van der Waals surface area contributed by atoms with Crippen LogP contribution in [0.4, 0.5) is 10.8 Å². The van der Waals surface area contributed by atoms with Gasteiger partial charge in [0.15, 0.2) is 5.13 Å². The zero-order chi connectivity index (χ0) is 20.7. The topological polar surface area (TPSA) is 39.7 Å². The van der Waals surface area contributed by atoms with Gasteiger partial charge in [0, 0.05) is 49.1 Å². The molecule has 0 bridgehead atoms. The molecule has 3 aliphatic rings. The summed E-state index contributed by atoms with van der Waals surface area (Å²) in [7, 11) is 0. The van der Waals surface area contributed by atoms with Gasteiger partial charge in [0.25, 0.3) is 0 Å². The second-order valence-electron chi connectivity index (χ2n) is 9.24. The Labute approximate surface area is 183 Å². The number of piperidine rings is 2. The number of amides is 1. The molecule has 1 amide bonds. The first-order chi connectivity index (χ1) is 14.6. The predicted molar refractivity (Wildman–Crippen MR) is 124 cm³/mol. The number of benzene rings is 1. The Morgan fingerprint density at radius 1 is 1.07 bits per heavy atom. The summed E-state index contributed by atoms with van der Waals surface area (Å²) in [5.41, 5.74) is 3.93. The van der Waals surface area contributed by atoms with Gasteiger partial charge < -0.3 is 14.7 Å². The van der Waals surface area contributed by atoms with Crippen molar-refractivity contribution in [1.29, 1.82) is 0 Å². The summed E-state index contributed by atoms with van der Waals surface area (Å²) in [5, 5.41) is 3.35. The molecule has 0 radical (unpaired) electrons. The third kappa shape index (κ3) is 3.54. The number of carbonyl (C=O) groups excluding carboxylic acids is 1. The Kier molecular flexibility index (Phi) is 5.31. The fourth-order valence-corrected chi connectivity index (χ4v) is 6.67. The smallest absolute Gasteiger partial charge is 0.223 e. The van der Waals surface area contributed by atoms with Gasteiger partial charge in [-0.3, -0.25) is 4.79 Å². The Hall–Kier alpha value is -1.92. The molecule has 4 heterocycles. The van der Waals surface area contributed by atoms with Crippen LogP contribution in [-0.2, 0) is 10.2 Å². The molecular formula is C24H32N4OS. The molecule has 2 saturated heterocycles. The lowest BCUT2D eigenvalue weighted by Gasteiger charge is -2.50. The third-order valence-corrected chi connectivity index (χ3v) is 8.59. The molecule has 0 saturated carbocycles. The van der Waals surface area contributed by atoms with E-state index in [9.17, 15) is 4.79 Å². The van der Waals surface area contributed by atoms with Crippen molar-refractivity contribution in [1.82, 2.24) is 9.88 Å². The summed E-state index contributed by atoms with van der Waals surface area (Å²) in [5.74, 6) is 0.164. The van der Waals surface area contributed by atoms with E-state index in [-0.39, 0.29) is 11.3 Å². The van der Waals surface area contributed by atoms with Crippen LogP contribution in [0.2, 0.25) is 0 Å². The second-order valence-corrected chi connectivity index (χ2v) is 10.1. The maximum Gasteiger partial charge on any atom is 0.223 e. The number of nitrogens with zero attached hydrogens (tertiary/aromatic N) is 4. The van der Waals surface area contributed by atoms with Crippen LogP contribution in [0.5, 0.6) is 0 Å². The van der Waals surface area contributed by atoms with Gasteiger partial charge in [0.2, 0.25) is 5.91 Å². The first-order valence-electron chi connectivity index (χ1n) is 11.3. The number of anilines is 2. The Balaban J connectivity index is 1.24. The lowest BCUT2D eigenvalue weighted by molar-refractivity contribution is -0.116. The van der Waals surface area contributed by atoms with Crippen LogP contribution in [-0.4, -0.2) is 54.6 Å². The third-order valence-electron chi connectivity index (χ3n) is 7.57. The number of likely N-dealkylation sites (tertiary alicyclic amines) is 1. The minimum absolute atomic E-state index is 0.164. The molecule has 2 fully saturated rings. The van der Waals surface area contributed by atoms with E-state index in [1.165, 1.54) is 49.5 Å². The Bertz CT molecular complexity index is 909. The number of para-hydroxylation sites is 1. The van der Waals surface area contributed by atoms with Crippen molar-refractivity contribution in [2.75, 3.05) is 42.5 Å². The molecule has 0 unspecified atom stereocenters. The van der Waals surface area contributed by atoms with Gasteiger partial charge in [-0.2, -0.15) is 0 Å². The molecule has 3 aliphatic heterocycles. The van der Waals surface area contributed by atoms with Gasteiger partial charge >= 0.3 is 0 Å². The molecule has 5 nitrogen and oxygen atoms in total. The summed E-state index contributed by atoms with van der Waals surface area (Å²) < 4.78 is 0. The molecule has 6 heteroatoms. The van der Waals surface area contributed by atoms with Crippen molar-refractivity contribution >= 4 is 28.1 Å². The molecule has 0 N–H and O–H groups in total. The number of fused-ring (bicyclic) bond motifs is 2. The van der Waals surface area contributed by atoms with Gasteiger partial charge in [-0.25, -0.2) is 4.98 Å². The minimum atomic E-state index is 0.164. The number of rotatable bonds is 2. The molecule has 5 rings (SSSR count). The first kappa shape index (κ1) is 20.0. The highest BCUT2D eigenvalue weighted by Crippen LogP contribution is 2.47. The van der Waals surface area contributed by atoms with Crippen molar-refractivity contribution in [3.05, 3.63) is 40.9 Å². The van der Waals surface area contributed by atoms with E-state index in [0.717, 1.165) is 37.4 Å². The van der Waals surface area contributed by atoms with Crippen LogP contribution in [0, 0.1) is 6.92 Å². The zero-order valence-electron chi connectivity index (χ0n) is 18.1. The van der Waals surface area contributed by atoms with E-state index < -0.39 is 0 Å². The summed E-state index contributed by atoms with van der Waals surface area (Å²) in [6, 6.07) is 9.33. The molecule has 160 valence electrons. The summed E-state index contributed by atoms with van der Waals surface area (Å²) >= 11 is 1.78. The molecule has 0 aliphatic carbocycles. The van der Waals surface area contributed by atoms with E-state index in [1.807, 2.05) is 4.90 Å². The lowest BCUT2D eigenvalue weighted by atomic mass is 9.67. The number of hydrogen-bond donors (Lipinski definition) is 0. The van der Waals surface area contributed by atoms with Crippen LogP contribution in [0.3, 0.4) is 0 Å². The highest BCUT2D eigenvalue weighted by atomic mass is 32.1. The fraction of sp³-hybridized carbons (Fsp3) is 0.583. The van der Waals surface area contributed by atoms with Gasteiger partial charge in [-0.05, 0) is 63.7 Å². The van der Waals surface area contributed by atoms with E-state index in [2.05, 4.69) is 51.4 Å². The van der Waals surface area contributed by atoms with Crippen molar-refractivity contribution in [3.63, 3.8) is 0 Å². The van der Waals surface area contributed by atoms with Gasteiger partial charge in [0.1, 0.15) is 0 Å². The molecule has 2 aromatic rings. The normalized spacial score (nSPS) is 22.3. The summed E-state index contributed by atoms with van der Waals surface area (Å²) in [6.45, 7) is 9.22. The van der Waals surface area contributed by atoms with Crippen molar-refractivity contribution in [3.8, 4) is 0 Å². The Morgan fingerprint density at radius 2 is 1.77 bits per heavy atom. The number of thiazole rings is 1. The average Bonchev–Trinajstić information content (AvgIpc) is 3.21. The molecule has 1 aromatic carbocycles. The number of aromatic nitrogens is 1. The lowest BCUT2D eigenvalue weighted by Crippen LogP contribution is -2.53. The highest BCUT2D eigenvalue weighted by molar-refractivity contribution is 7.13. The average molecular weight is 425 g/mol.